The number of halogens is 2. The van der Waals surface area contributed by atoms with Crippen LogP contribution in [0.3, 0.4) is 0 Å². The fourth-order valence-electron chi connectivity index (χ4n) is 2.64. The van der Waals surface area contributed by atoms with Gasteiger partial charge in [0.1, 0.15) is 0 Å². The van der Waals surface area contributed by atoms with E-state index >= 15 is 0 Å². The molecule has 1 heterocycles. The summed E-state index contributed by atoms with van der Waals surface area (Å²) in [4.78, 5) is 12.2. The van der Waals surface area contributed by atoms with E-state index in [1.165, 1.54) is 12.1 Å². The average Bonchev–Trinajstić information content (AvgIpc) is 2.46. The van der Waals surface area contributed by atoms with Gasteiger partial charge in [0.15, 0.2) is 0 Å². The van der Waals surface area contributed by atoms with Crippen molar-refractivity contribution in [1.29, 1.82) is 0 Å². The Morgan fingerprint density at radius 3 is 2.86 bits per heavy atom. The first kappa shape index (κ1) is 15.6. The molecule has 1 aliphatic heterocycles. The summed E-state index contributed by atoms with van der Waals surface area (Å²) >= 11 is 0. The number of likely N-dealkylation sites (tertiary alicyclic amines) is 1. The molecule has 0 aliphatic carbocycles. The maximum absolute atomic E-state index is 13.0. The van der Waals surface area contributed by atoms with Crippen molar-refractivity contribution in [2.24, 2.45) is 0 Å². The van der Waals surface area contributed by atoms with E-state index in [4.69, 9.17) is 0 Å². The van der Waals surface area contributed by atoms with Gasteiger partial charge in [-0.05, 0) is 32.5 Å². The maximum Gasteiger partial charge on any atom is 0.270 e. The molecule has 7 heteroatoms. The zero-order valence-corrected chi connectivity index (χ0v) is 11.9. The van der Waals surface area contributed by atoms with E-state index in [0.717, 1.165) is 31.9 Å². The average molecular weight is 299 g/mol. The number of piperidine rings is 1. The zero-order chi connectivity index (χ0) is 15.4. The summed E-state index contributed by atoms with van der Waals surface area (Å²) in [6, 6.07) is 3.86. The highest BCUT2D eigenvalue weighted by Crippen LogP contribution is 2.31. The number of hydrogen-bond donors (Lipinski definition) is 1. The molecule has 1 aromatic rings. The van der Waals surface area contributed by atoms with Gasteiger partial charge in [-0.3, -0.25) is 10.1 Å². The number of nitro benzene ring substituents is 1. The number of likely N-dealkylation sites (N-methyl/N-ethyl adjacent to an activating group) is 1. The molecule has 1 aliphatic rings. The van der Waals surface area contributed by atoms with Crippen molar-refractivity contribution >= 4 is 11.4 Å². The number of non-ortho nitro benzene ring substituents is 1. The smallest absolute Gasteiger partial charge is 0.270 e. The van der Waals surface area contributed by atoms with Gasteiger partial charge in [0.2, 0.25) is 0 Å². The minimum absolute atomic E-state index is 0.273. The summed E-state index contributed by atoms with van der Waals surface area (Å²) in [6.07, 6.45) is 0.586. The van der Waals surface area contributed by atoms with E-state index in [1.807, 2.05) is 7.05 Å². The third-order valence-corrected chi connectivity index (χ3v) is 3.93. The normalized spacial score (nSPS) is 19.7. The molecular weight excluding hydrogens is 280 g/mol. The molecule has 0 saturated carbocycles. The predicted octanol–water partition coefficient (Wildman–Crippen LogP) is 3.43. The van der Waals surface area contributed by atoms with Crippen LogP contribution in [0.4, 0.5) is 20.2 Å². The first-order valence-electron chi connectivity index (χ1n) is 6.99. The number of anilines is 1. The Morgan fingerprint density at radius 2 is 2.24 bits per heavy atom. The quantitative estimate of drug-likeness (QED) is 0.668. The van der Waals surface area contributed by atoms with Gasteiger partial charge >= 0.3 is 0 Å². The molecule has 1 aromatic carbocycles. The molecular formula is C14H19F2N3O2. The van der Waals surface area contributed by atoms with Crippen molar-refractivity contribution < 1.29 is 13.7 Å². The lowest BCUT2D eigenvalue weighted by atomic mass is 10.0. The van der Waals surface area contributed by atoms with Crippen LogP contribution in [0.1, 0.15) is 31.3 Å². The summed E-state index contributed by atoms with van der Waals surface area (Å²) in [5.41, 5.74) is -0.358. The van der Waals surface area contributed by atoms with Crippen LogP contribution in [0, 0.1) is 10.1 Å². The number of nitrogens with zero attached hydrogens (tertiary/aromatic N) is 2. The molecule has 2 rings (SSSR count). The van der Waals surface area contributed by atoms with Crippen LogP contribution in [0.25, 0.3) is 0 Å². The largest absolute Gasteiger partial charge is 0.383 e. The van der Waals surface area contributed by atoms with Gasteiger partial charge in [0, 0.05) is 36.0 Å². The molecule has 21 heavy (non-hydrogen) atoms. The molecule has 1 fully saturated rings. The van der Waals surface area contributed by atoms with Gasteiger partial charge in [-0.25, -0.2) is 8.78 Å². The number of alkyl halides is 2. The van der Waals surface area contributed by atoms with Crippen LogP contribution in [0.2, 0.25) is 0 Å². The summed E-state index contributed by atoms with van der Waals surface area (Å²) in [6.45, 7) is 1.57. The molecule has 0 radical (unpaired) electrons. The van der Waals surface area contributed by atoms with E-state index in [0.29, 0.717) is 12.6 Å². The molecule has 0 amide bonds. The first-order valence-corrected chi connectivity index (χ1v) is 6.99. The van der Waals surface area contributed by atoms with Crippen LogP contribution >= 0.6 is 0 Å². The lowest BCUT2D eigenvalue weighted by Crippen LogP contribution is -2.40. The second kappa shape index (κ2) is 6.80. The number of nitrogens with one attached hydrogen (secondary N) is 1. The Bertz CT molecular complexity index is 511. The lowest BCUT2D eigenvalue weighted by molar-refractivity contribution is -0.385. The van der Waals surface area contributed by atoms with E-state index in [1.54, 1.807) is 0 Å². The van der Waals surface area contributed by atoms with Crippen molar-refractivity contribution in [2.75, 3.05) is 25.5 Å². The minimum Gasteiger partial charge on any atom is -0.383 e. The molecule has 5 nitrogen and oxygen atoms in total. The SMILES string of the molecule is CN1CCCCC1CNc1ccc([N+](=O)[O-])cc1C(F)F. The topological polar surface area (TPSA) is 58.4 Å². The van der Waals surface area contributed by atoms with Gasteiger partial charge in [0.05, 0.1) is 4.92 Å². The van der Waals surface area contributed by atoms with Gasteiger partial charge in [0.25, 0.3) is 12.1 Å². The summed E-state index contributed by atoms with van der Waals surface area (Å²) in [5, 5.41) is 13.7. The number of benzene rings is 1. The molecule has 0 spiro atoms. The minimum atomic E-state index is -2.74. The van der Waals surface area contributed by atoms with E-state index in [-0.39, 0.29) is 16.9 Å². The summed E-state index contributed by atoms with van der Waals surface area (Å²) in [7, 11) is 2.02. The number of nitro groups is 1. The molecule has 1 unspecified atom stereocenters. The highest BCUT2D eigenvalue weighted by molar-refractivity contribution is 5.56. The van der Waals surface area contributed by atoms with Crippen molar-refractivity contribution in [3.05, 3.63) is 33.9 Å². The van der Waals surface area contributed by atoms with Crippen LogP contribution in [-0.2, 0) is 0 Å². The molecule has 1 atom stereocenters. The van der Waals surface area contributed by atoms with Crippen LogP contribution in [-0.4, -0.2) is 36.0 Å². The number of rotatable bonds is 5. The Hall–Kier alpha value is -1.76. The summed E-state index contributed by atoms with van der Waals surface area (Å²) < 4.78 is 26.1. The zero-order valence-electron chi connectivity index (χ0n) is 11.9. The highest BCUT2D eigenvalue weighted by atomic mass is 19.3. The fourth-order valence-corrected chi connectivity index (χ4v) is 2.64. The Morgan fingerprint density at radius 1 is 1.48 bits per heavy atom. The van der Waals surface area contributed by atoms with Gasteiger partial charge < -0.3 is 10.2 Å². The van der Waals surface area contributed by atoms with Crippen LogP contribution in [0.15, 0.2) is 18.2 Å². The first-order chi connectivity index (χ1) is 9.99. The van der Waals surface area contributed by atoms with Crippen molar-refractivity contribution in [2.45, 2.75) is 31.7 Å². The van der Waals surface area contributed by atoms with E-state index in [9.17, 15) is 18.9 Å². The van der Waals surface area contributed by atoms with Crippen LogP contribution in [0.5, 0.6) is 0 Å². The summed E-state index contributed by atoms with van der Waals surface area (Å²) in [5.74, 6) is 0. The molecule has 116 valence electrons. The highest BCUT2D eigenvalue weighted by Gasteiger charge is 2.21. The molecule has 0 bridgehead atoms. The predicted molar refractivity (Wildman–Crippen MR) is 76.8 cm³/mol. The Balaban J connectivity index is 2.10. The fraction of sp³-hybridized carbons (Fsp3) is 0.571. The second-order valence-electron chi connectivity index (χ2n) is 5.34. The molecule has 0 aromatic heterocycles. The van der Waals surface area contributed by atoms with Crippen molar-refractivity contribution in [3.8, 4) is 0 Å². The maximum atomic E-state index is 13.0. The third-order valence-electron chi connectivity index (χ3n) is 3.93. The van der Waals surface area contributed by atoms with E-state index in [2.05, 4.69) is 10.2 Å². The molecule has 1 N–H and O–H groups in total. The van der Waals surface area contributed by atoms with Gasteiger partial charge in [-0.1, -0.05) is 6.42 Å². The number of hydrogen-bond acceptors (Lipinski definition) is 4. The van der Waals surface area contributed by atoms with Crippen LogP contribution < -0.4 is 5.32 Å². The van der Waals surface area contributed by atoms with Crippen molar-refractivity contribution in [1.82, 2.24) is 4.90 Å². The Labute approximate surface area is 122 Å². The third kappa shape index (κ3) is 3.87. The van der Waals surface area contributed by atoms with Gasteiger partial charge in [-0.2, -0.15) is 0 Å². The van der Waals surface area contributed by atoms with E-state index < -0.39 is 11.3 Å². The van der Waals surface area contributed by atoms with Crippen molar-refractivity contribution in [3.63, 3.8) is 0 Å². The second-order valence-corrected chi connectivity index (χ2v) is 5.34. The molecule has 1 saturated heterocycles. The monoisotopic (exact) mass is 299 g/mol. The van der Waals surface area contributed by atoms with Gasteiger partial charge in [-0.15, -0.1) is 0 Å². The lowest BCUT2D eigenvalue weighted by Gasteiger charge is -2.33. The standard InChI is InChI=1S/C14H19F2N3O2/c1-18-7-3-2-4-11(18)9-17-13-6-5-10(19(20)21)8-12(13)14(15)16/h5-6,8,11,14,17H,2-4,7,9H2,1H3. The Kier molecular flexibility index (Phi) is 5.06.